The standard InChI is InChI=1S/C17H20FN3O2/c1-3-14-16(18)17(20-10-19-14)21-9-12(22)8-15(21)11-5-4-6-13(7-11)23-2/h4-7,10,12,15,22H,3,8-9H2,1-2H3/t12-,15-/m1/s1. The number of ether oxygens (including phenoxy) is 1. The summed E-state index contributed by atoms with van der Waals surface area (Å²) in [6, 6.07) is 7.48. The van der Waals surface area contributed by atoms with Crippen LogP contribution in [0.5, 0.6) is 5.75 Å². The van der Waals surface area contributed by atoms with E-state index < -0.39 is 11.9 Å². The topological polar surface area (TPSA) is 58.5 Å². The Labute approximate surface area is 134 Å². The van der Waals surface area contributed by atoms with Crippen LogP contribution in [0.4, 0.5) is 10.2 Å². The van der Waals surface area contributed by atoms with Crippen LogP contribution in [0.25, 0.3) is 0 Å². The van der Waals surface area contributed by atoms with E-state index in [2.05, 4.69) is 9.97 Å². The molecule has 0 amide bonds. The molecule has 1 N–H and O–H groups in total. The van der Waals surface area contributed by atoms with Gasteiger partial charge in [0.2, 0.25) is 0 Å². The van der Waals surface area contributed by atoms with Gasteiger partial charge in [-0.25, -0.2) is 14.4 Å². The fourth-order valence-corrected chi connectivity index (χ4v) is 3.06. The van der Waals surface area contributed by atoms with Gasteiger partial charge in [0.05, 0.1) is 24.9 Å². The summed E-state index contributed by atoms with van der Waals surface area (Å²) in [5, 5.41) is 10.1. The molecule has 0 saturated carbocycles. The summed E-state index contributed by atoms with van der Waals surface area (Å²) in [7, 11) is 1.61. The SMILES string of the molecule is CCc1ncnc(N2C[C@H](O)C[C@@H]2c2cccc(OC)c2)c1F. The lowest BCUT2D eigenvalue weighted by molar-refractivity contribution is 0.194. The average molecular weight is 317 g/mol. The highest BCUT2D eigenvalue weighted by Gasteiger charge is 2.35. The average Bonchev–Trinajstić information content (AvgIpc) is 2.97. The van der Waals surface area contributed by atoms with E-state index in [1.165, 1.54) is 6.33 Å². The molecule has 6 heteroatoms. The van der Waals surface area contributed by atoms with Crippen molar-refractivity contribution in [2.75, 3.05) is 18.6 Å². The largest absolute Gasteiger partial charge is 0.497 e. The van der Waals surface area contributed by atoms with E-state index in [0.717, 1.165) is 11.3 Å². The van der Waals surface area contributed by atoms with Gasteiger partial charge in [-0.05, 0) is 30.5 Å². The minimum atomic E-state index is -0.523. The third kappa shape index (κ3) is 2.99. The van der Waals surface area contributed by atoms with E-state index in [9.17, 15) is 9.50 Å². The van der Waals surface area contributed by atoms with E-state index in [-0.39, 0.29) is 11.9 Å². The summed E-state index contributed by atoms with van der Waals surface area (Å²) in [5.41, 5.74) is 1.36. The molecule has 1 saturated heterocycles. The van der Waals surface area contributed by atoms with Crippen molar-refractivity contribution >= 4 is 5.82 Å². The van der Waals surface area contributed by atoms with E-state index in [4.69, 9.17) is 4.74 Å². The summed E-state index contributed by atoms with van der Waals surface area (Å²) in [6.07, 6.45) is 1.88. The molecule has 23 heavy (non-hydrogen) atoms. The maximum atomic E-state index is 14.6. The Morgan fingerprint density at radius 3 is 2.96 bits per heavy atom. The number of rotatable bonds is 4. The number of nitrogens with zero attached hydrogens (tertiary/aromatic N) is 3. The van der Waals surface area contributed by atoms with Crippen LogP contribution in [0.2, 0.25) is 0 Å². The lowest BCUT2D eigenvalue weighted by Crippen LogP contribution is -2.27. The predicted octanol–water partition coefficient (Wildman–Crippen LogP) is 2.50. The molecule has 0 spiro atoms. The number of aliphatic hydroxyl groups is 1. The van der Waals surface area contributed by atoms with Gasteiger partial charge in [-0.3, -0.25) is 0 Å². The quantitative estimate of drug-likeness (QED) is 0.939. The number of benzene rings is 1. The molecule has 2 heterocycles. The Bertz CT molecular complexity index is 695. The Hall–Kier alpha value is -2.21. The maximum Gasteiger partial charge on any atom is 0.187 e. The fraction of sp³-hybridized carbons (Fsp3) is 0.412. The highest BCUT2D eigenvalue weighted by molar-refractivity contribution is 5.47. The van der Waals surface area contributed by atoms with Crippen molar-refractivity contribution in [3.8, 4) is 5.75 Å². The highest BCUT2D eigenvalue weighted by atomic mass is 19.1. The summed E-state index contributed by atoms with van der Waals surface area (Å²) in [4.78, 5) is 9.91. The second-order valence-electron chi connectivity index (χ2n) is 5.65. The Balaban J connectivity index is 2.00. The molecule has 1 aromatic carbocycles. The molecule has 122 valence electrons. The number of anilines is 1. The molecule has 0 aliphatic carbocycles. The number of aryl methyl sites for hydroxylation is 1. The molecule has 1 fully saturated rings. The van der Waals surface area contributed by atoms with Crippen LogP contribution < -0.4 is 9.64 Å². The maximum absolute atomic E-state index is 14.6. The number of hydrogen-bond acceptors (Lipinski definition) is 5. The van der Waals surface area contributed by atoms with Gasteiger partial charge in [0.25, 0.3) is 0 Å². The zero-order chi connectivity index (χ0) is 16.4. The van der Waals surface area contributed by atoms with Gasteiger partial charge < -0.3 is 14.7 Å². The Kier molecular flexibility index (Phi) is 4.43. The number of hydrogen-bond donors (Lipinski definition) is 1. The van der Waals surface area contributed by atoms with Gasteiger partial charge in [-0.2, -0.15) is 0 Å². The van der Waals surface area contributed by atoms with Gasteiger partial charge in [0.1, 0.15) is 12.1 Å². The summed E-state index contributed by atoms with van der Waals surface area (Å²) in [5.74, 6) is 0.583. The van der Waals surface area contributed by atoms with Gasteiger partial charge in [0.15, 0.2) is 11.6 Å². The van der Waals surface area contributed by atoms with E-state index >= 15 is 0 Å². The summed E-state index contributed by atoms with van der Waals surface area (Å²) < 4.78 is 19.9. The van der Waals surface area contributed by atoms with Crippen molar-refractivity contribution in [3.05, 3.63) is 47.7 Å². The van der Waals surface area contributed by atoms with Gasteiger partial charge in [-0.1, -0.05) is 19.1 Å². The summed E-state index contributed by atoms with van der Waals surface area (Å²) in [6.45, 7) is 2.20. The van der Waals surface area contributed by atoms with Crippen molar-refractivity contribution in [3.63, 3.8) is 0 Å². The number of methoxy groups -OCH3 is 1. The monoisotopic (exact) mass is 317 g/mol. The number of halogens is 1. The smallest absolute Gasteiger partial charge is 0.187 e. The van der Waals surface area contributed by atoms with Crippen molar-refractivity contribution in [1.29, 1.82) is 0 Å². The van der Waals surface area contributed by atoms with Gasteiger partial charge >= 0.3 is 0 Å². The van der Waals surface area contributed by atoms with Crippen LogP contribution >= 0.6 is 0 Å². The summed E-state index contributed by atoms with van der Waals surface area (Å²) >= 11 is 0. The minimum absolute atomic E-state index is 0.144. The van der Waals surface area contributed by atoms with Crippen molar-refractivity contribution in [1.82, 2.24) is 9.97 Å². The van der Waals surface area contributed by atoms with Crippen molar-refractivity contribution in [2.24, 2.45) is 0 Å². The molecule has 0 radical (unpaired) electrons. The van der Waals surface area contributed by atoms with E-state index in [1.807, 2.05) is 36.1 Å². The van der Waals surface area contributed by atoms with Crippen molar-refractivity contribution in [2.45, 2.75) is 31.9 Å². The Morgan fingerprint density at radius 1 is 1.39 bits per heavy atom. The van der Waals surface area contributed by atoms with Crippen LogP contribution in [0, 0.1) is 5.82 Å². The first-order valence-electron chi connectivity index (χ1n) is 7.72. The Morgan fingerprint density at radius 2 is 2.22 bits per heavy atom. The normalized spacial score (nSPS) is 20.8. The molecule has 3 rings (SSSR count). The molecule has 0 bridgehead atoms. The van der Waals surface area contributed by atoms with Crippen LogP contribution in [0.1, 0.15) is 30.6 Å². The number of β-amino-alcohol motifs (C(OH)–C–C–N with tert-alkyl or cyclic N) is 1. The molecule has 0 unspecified atom stereocenters. The van der Waals surface area contributed by atoms with Crippen LogP contribution in [0.3, 0.4) is 0 Å². The molecule has 5 nitrogen and oxygen atoms in total. The predicted molar refractivity (Wildman–Crippen MR) is 85.1 cm³/mol. The lowest BCUT2D eigenvalue weighted by Gasteiger charge is -2.26. The molecular formula is C17H20FN3O2. The van der Waals surface area contributed by atoms with E-state index in [1.54, 1.807) is 7.11 Å². The molecule has 2 atom stereocenters. The zero-order valence-corrected chi connectivity index (χ0v) is 13.2. The first kappa shape index (κ1) is 15.7. The molecule has 2 aromatic rings. The van der Waals surface area contributed by atoms with Crippen LogP contribution in [-0.4, -0.2) is 34.8 Å². The lowest BCUT2D eigenvalue weighted by atomic mass is 10.0. The second kappa shape index (κ2) is 6.50. The van der Waals surface area contributed by atoms with Crippen LogP contribution in [-0.2, 0) is 6.42 Å². The van der Waals surface area contributed by atoms with E-state index in [0.29, 0.717) is 25.1 Å². The molecular weight excluding hydrogens is 297 g/mol. The second-order valence-corrected chi connectivity index (χ2v) is 5.65. The molecule has 1 aliphatic rings. The fourth-order valence-electron chi connectivity index (χ4n) is 3.06. The third-order valence-electron chi connectivity index (χ3n) is 4.21. The first-order valence-corrected chi connectivity index (χ1v) is 7.72. The van der Waals surface area contributed by atoms with Crippen molar-refractivity contribution < 1.29 is 14.2 Å². The van der Waals surface area contributed by atoms with Gasteiger partial charge in [0, 0.05) is 6.54 Å². The highest BCUT2D eigenvalue weighted by Crippen LogP contribution is 2.37. The third-order valence-corrected chi connectivity index (χ3v) is 4.21. The number of aromatic nitrogens is 2. The zero-order valence-electron chi connectivity index (χ0n) is 13.2. The molecule has 1 aromatic heterocycles. The van der Waals surface area contributed by atoms with Crippen LogP contribution in [0.15, 0.2) is 30.6 Å². The van der Waals surface area contributed by atoms with Gasteiger partial charge in [-0.15, -0.1) is 0 Å². The molecule has 1 aliphatic heterocycles. The minimum Gasteiger partial charge on any atom is -0.497 e. The number of aliphatic hydroxyl groups excluding tert-OH is 1. The first-order chi connectivity index (χ1) is 11.1.